The van der Waals surface area contributed by atoms with Gasteiger partial charge < -0.3 is 4.90 Å². The Morgan fingerprint density at radius 2 is 1.61 bits per heavy atom. The quantitative estimate of drug-likeness (QED) is 0.743. The van der Waals surface area contributed by atoms with E-state index >= 15 is 0 Å². The van der Waals surface area contributed by atoms with Gasteiger partial charge in [-0.25, -0.2) is 0 Å². The van der Waals surface area contributed by atoms with Crippen molar-refractivity contribution in [3.05, 3.63) is 60.2 Å². The van der Waals surface area contributed by atoms with Gasteiger partial charge in [0.25, 0.3) is 0 Å². The summed E-state index contributed by atoms with van der Waals surface area (Å²) in [6.45, 7) is 5.97. The number of para-hydroxylation sites is 1. The Morgan fingerprint density at radius 3 is 2.39 bits per heavy atom. The van der Waals surface area contributed by atoms with Gasteiger partial charge in [0.15, 0.2) is 0 Å². The highest BCUT2D eigenvalue weighted by molar-refractivity contribution is 6.92. The van der Waals surface area contributed by atoms with E-state index in [-0.39, 0.29) is 0 Å². The van der Waals surface area contributed by atoms with E-state index in [4.69, 9.17) is 0 Å². The molecule has 0 N–H and O–H groups in total. The second kappa shape index (κ2) is 4.29. The van der Waals surface area contributed by atoms with Crippen LogP contribution in [0.3, 0.4) is 0 Å². The average Bonchev–Trinajstić information content (AvgIpc) is 2.63. The molecule has 1 aliphatic heterocycles. The molecule has 18 heavy (non-hydrogen) atoms. The maximum Gasteiger partial charge on any atom is 0.104 e. The van der Waals surface area contributed by atoms with Crippen LogP contribution in [0.4, 0.5) is 5.69 Å². The van der Waals surface area contributed by atoms with Crippen molar-refractivity contribution in [1.82, 2.24) is 0 Å². The third-order valence-electron chi connectivity index (χ3n) is 3.78. The molecule has 92 valence electrons. The lowest BCUT2D eigenvalue weighted by atomic mass is 10.2. The topological polar surface area (TPSA) is 3.24 Å². The van der Waals surface area contributed by atoms with Crippen LogP contribution in [-0.4, -0.2) is 14.2 Å². The number of nitrogens with zero attached hydrogens (tertiary/aromatic N) is 1. The number of hydrogen-bond donors (Lipinski definition) is 0. The summed E-state index contributed by atoms with van der Waals surface area (Å²) in [5.41, 5.74) is 2.86. The lowest BCUT2D eigenvalue weighted by Crippen LogP contribution is -2.42. The molecule has 0 aliphatic carbocycles. The predicted octanol–water partition coefficient (Wildman–Crippen LogP) is 3.16. The first-order valence-corrected chi connectivity index (χ1v) is 9.76. The van der Waals surface area contributed by atoms with Crippen molar-refractivity contribution in [3.8, 4) is 0 Å². The van der Waals surface area contributed by atoms with Crippen molar-refractivity contribution in [3.63, 3.8) is 0 Å². The number of rotatable bonds is 2. The SMILES string of the molecule is C[Si]1(C)CN(Cc2ccccc2)c2ccccc21. The summed E-state index contributed by atoms with van der Waals surface area (Å²) in [7, 11) is -1.25. The van der Waals surface area contributed by atoms with Crippen LogP contribution < -0.4 is 10.1 Å². The summed E-state index contributed by atoms with van der Waals surface area (Å²) in [6.07, 6.45) is 1.24. The molecule has 1 aliphatic rings. The first-order chi connectivity index (χ1) is 8.67. The van der Waals surface area contributed by atoms with E-state index in [1.165, 1.54) is 17.4 Å². The van der Waals surface area contributed by atoms with Gasteiger partial charge in [0.2, 0.25) is 0 Å². The minimum atomic E-state index is -1.25. The van der Waals surface area contributed by atoms with Gasteiger partial charge in [0.05, 0.1) is 0 Å². The van der Waals surface area contributed by atoms with Gasteiger partial charge >= 0.3 is 0 Å². The summed E-state index contributed by atoms with van der Waals surface area (Å²) < 4.78 is 0. The second-order valence-electron chi connectivity index (χ2n) is 5.74. The molecule has 3 rings (SSSR count). The van der Waals surface area contributed by atoms with Crippen LogP contribution >= 0.6 is 0 Å². The van der Waals surface area contributed by atoms with Crippen molar-refractivity contribution >= 4 is 18.9 Å². The fourth-order valence-corrected chi connectivity index (χ4v) is 5.80. The van der Waals surface area contributed by atoms with Gasteiger partial charge in [-0.15, -0.1) is 0 Å². The summed E-state index contributed by atoms with van der Waals surface area (Å²) in [4.78, 5) is 2.55. The zero-order valence-electron chi connectivity index (χ0n) is 11.1. The molecule has 2 aromatic rings. The molecule has 0 radical (unpaired) electrons. The molecule has 2 aromatic carbocycles. The van der Waals surface area contributed by atoms with Crippen molar-refractivity contribution in [1.29, 1.82) is 0 Å². The van der Waals surface area contributed by atoms with Crippen LogP contribution in [0.25, 0.3) is 0 Å². The molecule has 0 fully saturated rings. The molecule has 1 heterocycles. The van der Waals surface area contributed by atoms with Gasteiger partial charge in [-0.1, -0.05) is 61.6 Å². The fourth-order valence-electron chi connectivity index (χ4n) is 2.91. The molecule has 0 saturated carbocycles. The Balaban J connectivity index is 1.92. The first-order valence-electron chi connectivity index (χ1n) is 6.55. The zero-order valence-corrected chi connectivity index (χ0v) is 12.1. The molecule has 2 heteroatoms. The van der Waals surface area contributed by atoms with Crippen molar-refractivity contribution in [2.24, 2.45) is 0 Å². The van der Waals surface area contributed by atoms with Crippen LogP contribution in [-0.2, 0) is 6.54 Å². The third kappa shape index (κ3) is 1.97. The van der Waals surface area contributed by atoms with Crippen molar-refractivity contribution in [2.45, 2.75) is 19.6 Å². The Morgan fingerprint density at radius 1 is 0.944 bits per heavy atom. The van der Waals surface area contributed by atoms with Gasteiger partial charge in [-0.2, -0.15) is 0 Å². The van der Waals surface area contributed by atoms with Gasteiger partial charge in [0.1, 0.15) is 8.07 Å². The van der Waals surface area contributed by atoms with Crippen LogP contribution in [0.5, 0.6) is 0 Å². The number of benzene rings is 2. The maximum absolute atomic E-state index is 2.55. The van der Waals surface area contributed by atoms with Gasteiger partial charge in [-0.3, -0.25) is 0 Å². The van der Waals surface area contributed by atoms with E-state index in [0.717, 1.165) is 6.54 Å². The lowest BCUT2D eigenvalue weighted by Gasteiger charge is -2.21. The van der Waals surface area contributed by atoms with Crippen molar-refractivity contribution in [2.75, 3.05) is 11.1 Å². The van der Waals surface area contributed by atoms with Gasteiger partial charge in [-0.05, 0) is 16.8 Å². The average molecular weight is 253 g/mol. The van der Waals surface area contributed by atoms with Gasteiger partial charge in [0, 0.05) is 18.4 Å². The summed E-state index contributed by atoms with van der Waals surface area (Å²) in [5.74, 6) is 0. The molecule has 0 unspecified atom stereocenters. The highest BCUT2D eigenvalue weighted by atomic mass is 28.3. The van der Waals surface area contributed by atoms with E-state index in [2.05, 4.69) is 72.6 Å². The number of fused-ring (bicyclic) bond motifs is 1. The van der Waals surface area contributed by atoms with Crippen LogP contribution in [0.1, 0.15) is 5.56 Å². The Kier molecular flexibility index (Phi) is 2.75. The molecule has 0 aromatic heterocycles. The Labute approximate surface area is 110 Å². The summed E-state index contributed by atoms with van der Waals surface area (Å²) in [6, 6.07) is 19.7. The predicted molar refractivity (Wildman–Crippen MR) is 81.1 cm³/mol. The summed E-state index contributed by atoms with van der Waals surface area (Å²) >= 11 is 0. The fraction of sp³-hybridized carbons (Fsp3) is 0.250. The highest BCUT2D eigenvalue weighted by Crippen LogP contribution is 2.26. The standard InChI is InChI=1S/C16H19NSi/c1-18(2)13-17(12-14-8-4-3-5-9-14)15-10-6-7-11-16(15)18/h3-11H,12-13H2,1-2H3. The largest absolute Gasteiger partial charge is 0.370 e. The van der Waals surface area contributed by atoms with Crippen LogP contribution in [0, 0.1) is 0 Å². The van der Waals surface area contributed by atoms with Crippen LogP contribution in [0.2, 0.25) is 13.1 Å². The molecule has 0 spiro atoms. The highest BCUT2D eigenvalue weighted by Gasteiger charge is 2.36. The Hall–Kier alpha value is -1.54. The Bertz CT molecular complexity index is 548. The molecular weight excluding hydrogens is 234 g/mol. The second-order valence-corrected chi connectivity index (χ2v) is 10.4. The minimum Gasteiger partial charge on any atom is -0.370 e. The monoisotopic (exact) mass is 253 g/mol. The number of anilines is 1. The molecule has 0 amide bonds. The lowest BCUT2D eigenvalue weighted by molar-refractivity contribution is 0.904. The van der Waals surface area contributed by atoms with E-state index < -0.39 is 8.07 Å². The minimum absolute atomic E-state index is 1.04. The zero-order chi connectivity index (χ0) is 12.6. The van der Waals surface area contributed by atoms with E-state index in [0.29, 0.717) is 0 Å². The molecule has 1 nitrogen and oxygen atoms in total. The van der Waals surface area contributed by atoms with Crippen molar-refractivity contribution < 1.29 is 0 Å². The molecule has 0 saturated heterocycles. The molecular formula is C16H19NSi. The third-order valence-corrected chi connectivity index (χ3v) is 6.83. The first kappa shape index (κ1) is 11.5. The molecule has 0 bridgehead atoms. The maximum atomic E-state index is 2.55. The van der Waals surface area contributed by atoms with Crippen LogP contribution in [0.15, 0.2) is 54.6 Å². The van der Waals surface area contributed by atoms with E-state index in [1.54, 1.807) is 5.19 Å². The molecule has 0 atom stereocenters. The number of hydrogen-bond acceptors (Lipinski definition) is 1. The summed E-state index contributed by atoms with van der Waals surface area (Å²) in [5, 5.41) is 1.61. The van der Waals surface area contributed by atoms with E-state index in [9.17, 15) is 0 Å². The smallest absolute Gasteiger partial charge is 0.104 e. The van der Waals surface area contributed by atoms with E-state index in [1.807, 2.05) is 0 Å². The normalized spacial score (nSPS) is 16.7.